The van der Waals surface area contributed by atoms with Gasteiger partial charge in [0.15, 0.2) is 11.7 Å². The van der Waals surface area contributed by atoms with Gasteiger partial charge in [-0.3, -0.25) is 0 Å². The molecule has 0 saturated heterocycles. The normalized spacial score (nSPS) is 11.1. The summed E-state index contributed by atoms with van der Waals surface area (Å²) in [6.07, 6.45) is 4.00. The second-order valence-electron chi connectivity index (χ2n) is 3.55. The van der Waals surface area contributed by atoms with Gasteiger partial charge in [0.1, 0.15) is 0 Å². The lowest BCUT2D eigenvalue weighted by Crippen LogP contribution is -1.94. The van der Waals surface area contributed by atoms with Crippen LogP contribution in [0.5, 0.6) is 0 Å². The number of thiophene rings is 1. The molecule has 0 fully saturated rings. The molecule has 2 aromatic rings. The van der Waals surface area contributed by atoms with E-state index in [4.69, 9.17) is 4.42 Å². The van der Waals surface area contributed by atoms with Gasteiger partial charge in [-0.05, 0) is 24.3 Å². The minimum absolute atomic E-state index is 0.457. The topological polar surface area (TPSA) is 26.0 Å². The van der Waals surface area contributed by atoms with Crippen molar-refractivity contribution in [1.29, 1.82) is 0 Å². The molecule has 2 heterocycles. The summed E-state index contributed by atoms with van der Waals surface area (Å²) in [5.41, 5.74) is 0. The molecule has 0 aliphatic carbocycles. The molecule has 0 spiro atoms. The molecule has 15 heavy (non-hydrogen) atoms. The maximum Gasteiger partial charge on any atom is 0.198 e. The lowest BCUT2D eigenvalue weighted by Gasteiger charge is -2.05. The third-order valence-electron chi connectivity index (χ3n) is 2.62. The fourth-order valence-electron chi connectivity index (χ4n) is 1.65. The van der Waals surface area contributed by atoms with Crippen LogP contribution in [0.25, 0.3) is 10.6 Å². The SMILES string of the molecule is CCC(CC)c1ncc(-c2cccs2)o1. The summed E-state index contributed by atoms with van der Waals surface area (Å²) >= 11 is 1.68. The Labute approximate surface area is 94.0 Å². The molecule has 2 rings (SSSR count). The Morgan fingerprint density at radius 3 is 2.80 bits per heavy atom. The molecule has 80 valence electrons. The summed E-state index contributed by atoms with van der Waals surface area (Å²) in [5, 5.41) is 2.05. The van der Waals surface area contributed by atoms with Gasteiger partial charge in [0.2, 0.25) is 0 Å². The zero-order valence-corrected chi connectivity index (χ0v) is 9.88. The van der Waals surface area contributed by atoms with Gasteiger partial charge in [0.25, 0.3) is 0 Å². The van der Waals surface area contributed by atoms with Crippen LogP contribution in [0.2, 0.25) is 0 Å². The molecule has 0 atom stereocenters. The average molecular weight is 221 g/mol. The van der Waals surface area contributed by atoms with Crippen LogP contribution in [-0.2, 0) is 0 Å². The molecule has 0 saturated carbocycles. The molecule has 0 N–H and O–H groups in total. The van der Waals surface area contributed by atoms with E-state index >= 15 is 0 Å². The van der Waals surface area contributed by atoms with Gasteiger partial charge < -0.3 is 4.42 Å². The highest BCUT2D eigenvalue weighted by molar-refractivity contribution is 7.13. The van der Waals surface area contributed by atoms with Crippen LogP contribution >= 0.6 is 11.3 Å². The molecule has 3 heteroatoms. The molecule has 0 amide bonds. The van der Waals surface area contributed by atoms with Crippen LogP contribution in [0, 0.1) is 0 Å². The molecule has 2 aromatic heterocycles. The van der Waals surface area contributed by atoms with E-state index in [1.54, 1.807) is 11.3 Å². The van der Waals surface area contributed by atoms with Crippen LogP contribution in [0.3, 0.4) is 0 Å². The van der Waals surface area contributed by atoms with Crippen LogP contribution in [0.1, 0.15) is 38.5 Å². The molecule has 0 aromatic carbocycles. The van der Waals surface area contributed by atoms with Gasteiger partial charge in [-0.25, -0.2) is 4.98 Å². The highest BCUT2D eigenvalue weighted by Crippen LogP contribution is 2.29. The Morgan fingerprint density at radius 2 is 2.20 bits per heavy atom. The zero-order chi connectivity index (χ0) is 10.7. The summed E-state index contributed by atoms with van der Waals surface area (Å²) < 4.78 is 5.77. The Balaban J connectivity index is 2.24. The van der Waals surface area contributed by atoms with Crippen LogP contribution < -0.4 is 0 Å². The average Bonchev–Trinajstić information content (AvgIpc) is 2.89. The zero-order valence-electron chi connectivity index (χ0n) is 9.06. The van der Waals surface area contributed by atoms with Crippen molar-refractivity contribution in [3.63, 3.8) is 0 Å². The van der Waals surface area contributed by atoms with Gasteiger partial charge in [0, 0.05) is 5.92 Å². The second kappa shape index (κ2) is 4.62. The Morgan fingerprint density at radius 1 is 1.40 bits per heavy atom. The minimum Gasteiger partial charge on any atom is -0.440 e. The molecule has 0 radical (unpaired) electrons. The van der Waals surface area contributed by atoms with Crippen molar-refractivity contribution < 1.29 is 4.42 Å². The van der Waals surface area contributed by atoms with Crippen molar-refractivity contribution >= 4 is 11.3 Å². The molecule has 0 aliphatic heterocycles. The summed E-state index contributed by atoms with van der Waals surface area (Å²) in [4.78, 5) is 5.51. The minimum atomic E-state index is 0.457. The predicted octanol–water partition coefficient (Wildman–Crippen LogP) is 4.31. The monoisotopic (exact) mass is 221 g/mol. The van der Waals surface area contributed by atoms with Crippen LogP contribution in [0.15, 0.2) is 28.1 Å². The van der Waals surface area contributed by atoms with E-state index in [-0.39, 0.29) is 0 Å². The van der Waals surface area contributed by atoms with Crippen molar-refractivity contribution in [2.45, 2.75) is 32.6 Å². The first-order chi connectivity index (χ1) is 7.35. The van der Waals surface area contributed by atoms with E-state index < -0.39 is 0 Å². The third kappa shape index (κ3) is 2.12. The van der Waals surface area contributed by atoms with Crippen molar-refractivity contribution in [1.82, 2.24) is 4.98 Å². The Kier molecular flexibility index (Phi) is 3.21. The lowest BCUT2D eigenvalue weighted by molar-refractivity contribution is 0.440. The van der Waals surface area contributed by atoms with E-state index in [2.05, 4.69) is 30.3 Å². The molecule has 0 aliphatic rings. The fourth-order valence-corrected chi connectivity index (χ4v) is 2.32. The van der Waals surface area contributed by atoms with Gasteiger partial charge in [-0.1, -0.05) is 19.9 Å². The first kappa shape index (κ1) is 10.4. The quantitative estimate of drug-likeness (QED) is 0.769. The summed E-state index contributed by atoms with van der Waals surface area (Å²) in [6, 6.07) is 4.08. The standard InChI is InChI=1S/C12H15NOS/c1-3-9(4-2)12-13-8-10(14-12)11-6-5-7-15-11/h5-9H,3-4H2,1-2H3. The van der Waals surface area contributed by atoms with E-state index in [1.165, 1.54) is 0 Å². The largest absolute Gasteiger partial charge is 0.440 e. The molecule has 0 unspecified atom stereocenters. The van der Waals surface area contributed by atoms with Crippen molar-refractivity contribution in [2.75, 3.05) is 0 Å². The van der Waals surface area contributed by atoms with Crippen LogP contribution in [0.4, 0.5) is 0 Å². The highest BCUT2D eigenvalue weighted by atomic mass is 32.1. The smallest absolute Gasteiger partial charge is 0.198 e. The fraction of sp³-hybridized carbons (Fsp3) is 0.417. The van der Waals surface area contributed by atoms with E-state index in [9.17, 15) is 0 Å². The van der Waals surface area contributed by atoms with E-state index in [0.29, 0.717) is 5.92 Å². The third-order valence-corrected chi connectivity index (χ3v) is 3.51. The van der Waals surface area contributed by atoms with Crippen LogP contribution in [-0.4, -0.2) is 4.98 Å². The summed E-state index contributed by atoms with van der Waals surface area (Å²) in [5.74, 6) is 2.23. The number of hydrogen-bond acceptors (Lipinski definition) is 3. The van der Waals surface area contributed by atoms with Crippen molar-refractivity contribution in [3.8, 4) is 10.6 Å². The highest BCUT2D eigenvalue weighted by Gasteiger charge is 2.14. The summed E-state index contributed by atoms with van der Waals surface area (Å²) in [7, 11) is 0. The van der Waals surface area contributed by atoms with E-state index in [0.717, 1.165) is 29.4 Å². The molecular weight excluding hydrogens is 206 g/mol. The maximum atomic E-state index is 5.77. The number of oxazole rings is 1. The maximum absolute atomic E-state index is 5.77. The summed E-state index contributed by atoms with van der Waals surface area (Å²) in [6.45, 7) is 4.34. The van der Waals surface area contributed by atoms with Gasteiger partial charge in [-0.15, -0.1) is 11.3 Å². The molecular formula is C12H15NOS. The Hall–Kier alpha value is -1.09. The molecule has 0 bridgehead atoms. The molecule has 2 nitrogen and oxygen atoms in total. The van der Waals surface area contributed by atoms with Crippen molar-refractivity contribution in [2.24, 2.45) is 0 Å². The van der Waals surface area contributed by atoms with E-state index in [1.807, 2.05) is 12.3 Å². The number of nitrogens with zero attached hydrogens (tertiary/aromatic N) is 1. The lowest BCUT2D eigenvalue weighted by atomic mass is 10.0. The predicted molar refractivity (Wildman–Crippen MR) is 63.1 cm³/mol. The Bertz CT molecular complexity index is 401. The van der Waals surface area contributed by atoms with Gasteiger partial charge in [-0.2, -0.15) is 0 Å². The first-order valence-electron chi connectivity index (χ1n) is 5.34. The number of aromatic nitrogens is 1. The van der Waals surface area contributed by atoms with Gasteiger partial charge in [0.05, 0.1) is 11.1 Å². The number of hydrogen-bond donors (Lipinski definition) is 0. The second-order valence-corrected chi connectivity index (χ2v) is 4.50. The first-order valence-corrected chi connectivity index (χ1v) is 6.22. The van der Waals surface area contributed by atoms with Gasteiger partial charge >= 0.3 is 0 Å². The number of rotatable bonds is 4. The van der Waals surface area contributed by atoms with Crippen molar-refractivity contribution in [3.05, 3.63) is 29.6 Å².